The molecular formula is C24H47N3O. The minimum absolute atomic E-state index is 0.347. The van der Waals surface area contributed by atoms with E-state index in [2.05, 4.69) is 24.5 Å². The van der Waals surface area contributed by atoms with Crippen molar-refractivity contribution >= 4 is 0 Å². The zero-order chi connectivity index (χ0) is 20.7. The van der Waals surface area contributed by atoms with Gasteiger partial charge in [-0.05, 0) is 6.07 Å². The first-order valence-corrected chi connectivity index (χ1v) is 11.6. The number of aromatic hydroxyl groups is 1. The summed E-state index contributed by atoms with van der Waals surface area (Å²) >= 11 is 0. The van der Waals surface area contributed by atoms with Gasteiger partial charge in [0.1, 0.15) is 5.75 Å². The molecule has 0 heterocycles. The first-order valence-electron chi connectivity index (χ1n) is 11.6. The Labute approximate surface area is 174 Å². The molecule has 0 unspecified atom stereocenters. The van der Waals surface area contributed by atoms with Gasteiger partial charge < -0.3 is 21.5 Å². The van der Waals surface area contributed by atoms with Crippen LogP contribution in [0.2, 0.25) is 0 Å². The molecule has 0 aliphatic heterocycles. The lowest BCUT2D eigenvalue weighted by Gasteiger charge is -2.07. The number of hydrogen-bond donors (Lipinski definition) is 4. The average molecular weight is 394 g/mol. The van der Waals surface area contributed by atoms with Crippen LogP contribution in [0.5, 0.6) is 5.75 Å². The second-order valence-electron chi connectivity index (χ2n) is 7.53. The zero-order valence-electron chi connectivity index (χ0n) is 18.6. The van der Waals surface area contributed by atoms with Gasteiger partial charge in [0.2, 0.25) is 0 Å². The van der Waals surface area contributed by atoms with Crippen LogP contribution in [0.3, 0.4) is 0 Å². The molecule has 1 aromatic rings. The van der Waals surface area contributed by atoms with Gasteiger partial charge in [0, 0.05) is 38.3 Å². The molecule has 0 bridgehead atoms. The molecule has 0 saturated carbocycles. The maximum atomic E-state index is 9.48. The predicted octanol–water partition coefficient (Wildman–Crippen LogP) is 5.35. The highest BCUT2D eigenvalue weighted by molar-refractivity contribution is 5.31. The molecule has 0 saturated heterocycles. The van der Waals surface area contributed by atoms with Crippen LogP contribution in [0, 0.1) is 0 Å². The summed E-state index contributed by atoms with van der Waals surface area (Å²) in [6, 6.07) is 7.35. The molecule has 0 aliphatic rings. The molecule has 0 aliphatic carbocycles. The van der Waals surface area contributed by atoms with E-state index in [1.165, 1.54) is 70.6 Å². The second kappa shape index (κ2) is 22.2. The number of nitrogens with two attached hydrogens (primary N) is 1. The van der Waals surface area contributed by atoms with Crippen molar-refractivity contribution in [2.75, 3.05) is 26.2 Å². The fourth-order valence-electron chi connectivity index (χ4n) is 3.02. The van der Waals surface area contributed by atoms with E-state index >= 15 is 0 Å². The number of hydrogen-bond acceptors (Lipinski definition) is 4. The Morgan fingerprint density at radius 1 is 0.714 bits per heavy atom. The van der Waals surface area contributed by atoms with Crippen LogP contribution >= 0.6 is 0 Å². The largest absolute Gasteiger partial charge is 0.508 e. The van der Waals surface area contributed by atoms with Crippen LogP contribution in [0.25, 0.3) is 0 Å². The molecule has 164 valence electrons. The smallest absolute Gasteiger partial charge is 0.120 e. The van der Waals surface area contributed by atoms with Crippen LogP contribution in [-0.4, -0.2) is 31.3 Å². The zero-order valence-corrected chi connectivity index (χ0v) is 18.6. The van der Waals surface area contributed by atoms with Crippen LogP contribution in [0.15, 0.2) is 24.3 Å². The number of nitrogens with one attached hydrogen (secondary N) is 2. The fraction of sp³-hybridized carbons (Fsp3) is 0.750. The van der Waals surface area contributed by atoms with Crippen LogP contribution in [0.1, 0.15) is 90.0 Å². The Bertz CT molecular complexity index is 416. The van der Waals surface area contributed by atoms with Gasteiger partial charge in [0.25, 0.3) is 0 Å². The molecule has 0 amide bonds. The molecule has 0 atom stereocenters. The first-order chi connectivity index (χ1) is 13.8. The number of phenolic OH excluding ortho intramolecular Hbond substituents is 1. The van der Waals surface area contributed by atoms with Crippen molar-refractivity contribution in [1.29, 1.82) is 0 Å². The molecule has 28 heavy (non-hydrogen) atoms. The third-order valence-corrected chi connectivity index (χ3v) is 4.81. The van der Waals surface area contributed by atoms with E-state index in [0.29, 0.717) is 18.8 Å². The van der Waals surface area contributed by atoms with Gasteiger partial charge in [-0.2, -0.15) is 0 Å². The molecule has 0 fully saturated rings. The van der Waals surface area contributed by atoms with Crippen LogP contribution in [-0.2, 0) is 6.54 Å². The van der Waals surface area contributed by atoms with Gasteiger partial charge in [-0.25, -0.2) is 0 Å². The van der Waals surface area contributed by atoms with E-state index in [1.54, 1.807) is 6.07 Å². The van der Waals surface area contributed by atoms with Crippen LogP contribution in [0.4, 0.5) is 0 Å². The number of rotatable bonds is 17. The Kier molecular flexibility index (Phi) is 21.3. The Morgan fingerprint density at radius 3 is 1.71 bits per heavy atom. The Hall–Kier alpha value is -1.10. The molecule has 1 rings (SSSR count). The van der Waals surface area contributed by atoms with E-state index < -0.39 is 0 Å². The standard InChI is InChI=1S/C13H28.C11H19N3O/c1-3-5-7-9-11-13-12-10-8-6-4-2;12-5-6-13-7-8-14-9-10-3-1-2-4-11(10)15/h3-13H2,1-2H3;1-4,13-15H,5-9,12H2. The van der Waals surface area contributed by atoms with Crippen molar-refractivity contribution < 1.29 is 5.11 Å². The lowest BCUT2D eigenvalue weighted by molar-refractivity contribution is 0.464. The molecule has 0 radical (unpaired) electrons. The van der Waals surface area contributed by atoms with E-state index in [9.17, 15) is 5.11 Å². The number of unbranched alkanes of at least 4 members (excludes halogenated alkanes) is 10. The van der Waals surface area contributed by atoms with Crippen LogP contribution < -0.4 is 16.4 Å². The lowest BCUT2D eigenvalue weighted by atomic mass is 10.1. The van der Waals surface area contributed by atoms with Crippen molar-refractivity contribution in [3.8, 4) is 5.75 Å². The number of benzene rings is 1. The predicted molar refractivity (Wildman–Crippen MR) is 124 cm³/mol. The maximum absolute atomic E-state index is 9.48. The monoisotopic (exact) mass is 393 g/mol. The van der Waals surface area contributed by atoms with Crippen molar-refractivity contribution in [1.82, 2.24) is 10.6 Å². The minimum atomic E-state index is 0.347. The normalized spacial score (nSPS) is 10.5. The second-order valence-corrected chi connectivity index (χ2v) is 7.53. The average Bonchev–Trinajstić information content (AvgIpc) is 2.71. The molecule has 5 N–H and O–H groups in total. The number of phenols is 1. The first kappa shape index (κ1) is 26.9. The Morgan fingerprint density at radius 2 is 1.21 bits per heavy atom. The highest BCUT2D eigenvalue weighted by Gasteiger charge is 1.97. The van der Waals surface area contributed by atoms with Gasteiger partial charge in [0.05, 0.1) is 0 Å². The summed E-state index contributed by atoms with van der Waals surface area (Å²) < 4.78 is 0. The summed E-state index contributed by atoms with van der Waals surface area (Å²) in [5.41, 5.74) is 6.27. The van der Waals surface area contributed by atoms with E-state index in [-0.39, 0.29) is 0 Å². The van der Waals surface area contributed by atoms with Gasteiger partial charge in [0.15, 0.2) is 0 Å². The molecule has 0 spiro atoms. The van der Waals surface area contributed by atoms with Crippen molar-refractivity contribution in [3.63, 3.8) is 0 Å². The molecule has 1 aromatic carbocycles. The topological polar surface area (TPSA) is 70.3 Å². The summed E-state index contributed by atoms with van der Waals surface area (Å²) in [6.07, 6.45) is 15.9. The third kappa shape index (κ3) is 18.3. The van der Waals surface area contributed by atoms with Crippen molar-refractivity contribution in [2.24, 2.45) is 5.73 Å². The molecular weight excluding hydrogens is 346 g/mol. The SMILES string of the molecule is CCCCCCCCCCCCC.NCCNCCNCc1ccccc1O. The summed E-state index contributed by atoms with van der Waals surface area (Å²) in [4.78, 5) is 0. The maximum Gasteiger partial charge on any atom is 0.120 e. The third-order valence-electron chi connectivity index (χ3n) is 4.81. The van der Waals surface area contributed by atoms with E-state index in [1.807, 2.05) is 18.2 Å². The molecule has 4 nitrogen and oxygen atoms in total. The fourth-order valence-corrected chi connectivity index (χ4v) is 3.02. The molecule has 0 aromatic heterocycles. The van der Waals surface area contributed by atoms with Gasteiger partial charge >= 0.3 is 0 Å². The minimum Gasteiger partial charge on any atom is -0.508 e. The van der Waals surface area contributed by atoms with Gasteiger partial charge in [-0.3, -0.25) is 0 Å². The summed E-state index contributed by atoms with van der Waals surface area (Å²) in [5.74, 6) is 0.347. The molecule has 4 heteroatoms. The Balaban J connectivity index is 0.000000528. The summed E-state index contributed by atoms with van der Waals surface area (Å²) in [7, 11) is 0. The highest BCUT2D eigenvalue weighted by atomic mass is 16.3. The number of para-hydroxylation sites is 1. The highest BCUT2D eigenvalue weighted by Crippen LogP contribution is 2.14. The lowest BCUT2D eigenvalue weighted by Crippen LogP contribution is -2.30. The summed E-state index contributed by atoms with van der Waals surface area (Å²) in [6.45, 7) is 8.53. The van der Waals surface area contributed by atoms with E-state index in [0.717, 1.165) is 25.2 Å². The van der Waals surface area contributed by atoms with Gasteiger partial charge in [-0.1, -0.05) is 103 Å². The van der Waals surface area contributed by atoms with E-state index in [4.69, 9.17) is 5.73 Å². The van der Waals surface area contributed by atoms with Gasteiger partial charge in [-0.15, -0.1) is 0 Å². The van der Waals surface area contributed by atoms with Crippen molar-refractivity contribution in [3.05, 3.63) is 29.8 Å². The quantitative estimate of drug-likeness (QED) is 0.269. The van der Waals surface area contributed by atoms with Crippen molar-refractivity contribution in [2.45, 2.75) is 91.0 Å². The summed E-state index contributed by atoms with van der Waals surface area (Å²) in [5, 5.41) is 15.9.